The molecule has 0 aromatic carbocycles. The molecule has 0 spiro atoms. The van der Waals surface area contributed by atoms with Crippen LogP contribution in [0.4, 0.5) is 0 Å². The molecule has 0 saturated carbocycles. The van der Waals surface area contributed by atoms with E-state index in [-0.39, 0.29) is 30.2 Å². The third-order valence-corrected chi connectivity index (χ3v) is 5.79. The fourth-order valence-corrected chi connectivity index (χ4v) is 3.76. The monoisotopic (exact) mass is 638 g/mol. The van der Waals surface area contributed by atoms with Gasteiger partial charge < -0.3 is 34.6 Å². The van der Waals surface area contributed by atoms with Gasteiger partial charge in [0.25, 0.3) is 0 Å². The molecule has 2 heterocycles. The zero-order valence-electron chi connectivity index (χ0n) is 16.9. The number of halogens is 4. The molecule has 0 radical (unpaired) electrons. The maximum absolute atomic E-state index is 3.54. The topological polar surface area (TPSA) is 6.48 Å². The Hall–Kier alpha value is 0.680. The second kappa shape index (κ2) is 12.5. The van der Waals surface area contributed by atoms with Gasteiger partial charge in [0.15, 0.2) is 0 Å². The largest absolute Gasteiger partial charge is 1.00 e. The Morgan fingerprint density at radius 2 is 1.14 bits per heavy atom. The third-order valence-electron chi connectivity index (χ3n) is 4.03. The van der Waals surface area contributed by atoms with E-state index in [0.717, 1.165) is 0 Å². The summed E-state index contributed by atoms with van der Waals surface area (Å²) < 4.78 is 0. The first-order chi connectivity index (χ1) is 12.1. The normalized spacial score (nSPS) is 23.1. The van der Waals surface area contributed by atoms with E-state index in [1.54, 1.807) is 23.3 Å². The molecule has 152 valence electrons. The molecular formula is C20H24Br2Cl2N2SiZr-2. The summed E-state index contributed by atoms with van der Waals surface area (Å²) in [6.07, 6.45) is 15.2. The zero-order chi connectivity index (χ0) is 19.6. The predicted molar refractivity (Wildman–Crippen MR) is 116 cm³/mol. The molecule has 2 aliphatic carbocycles. The van der Waals surface area contributed by atoms with Crippen LogP contribution in [0, 0.1) is 12.2 Å². The summed E-state index contributed by atoms with van der Waals surface area (Å²) in [6.45, 7) is 8.76. The summed E-state index contributed by atoms with van der Waals surface area (Å²) in [7, 11) is 4.16. The van der Waals surface area contributed by atoms with Crippen molar-refractivity contribution in [3.63, 3.8) is 0 Å². The van der Waals surface area contributed by atoms with Crippen molar-refractivity contribution in [2.75, 3.05) is 14.1 Å². The van der Waals surface area contributed by atoms with E-state index in [2.05, 4.69) is 119 Å². The van der Waals surface area contributed by atoms with Crippen LogP contribution in [0.15, 0.2) is 58.0 Å². The standard InChI is InChI=1S/2C9H9BrN.C2H6Si.2ClH.Zr/c2*1-6-3-7-5-9(10)11(2)8(7)4-6;1-3-2;;;/h2*4-5,9H,1-2H3;1-2H3;2*1H;/q2*-1;;;;+2/p-2. The summed E-state index contributed by atoms with van der Waals surface area (Å²) >= 11 is 8.82. The molecule has 2 aliphatic heterocycles. The van der Waals surface area contributed by atoms with Crippen LogP contribution in [0.25, 0.3) is 0 Å². The van der Waals surface area contributed by atoms with Gasteiger partial charge in [0, 0.05) is 0 Å². The number of rotatable bonds is 0. The van der Waals surface area contributed by atoms with Crippen molar-refractivity contribution in [2.45, 2.75) is 36.8 Å². The van der Waals surface area contributed by atoms with E-state index in [4.69, 9.17) is 0 Å². The molecule has 0 bridgehead atoms. The molecule has 2 nitrogen and oxygen atoms in total. The van der Waals surface area contributed by atoms with E-state index >= 15 is 0 Å². The number of fused-ring (bicyclic) bond motifs is 2. The summed E-state index contributed by atoms with van der Waals surface area (Å²) in [5.41, 5.74) is 7.67. The van der Waals surface area contributed by atoms with Gasteiger partial charge in [-0.05, 0) is 14.1 Å². The molecule has 28 heavy (non-hydrogen) atoms. The summed E-state index contributed by atoms with van der Waals surface area (Å²) in [5, 5.41) is 0. The van der Waals surface area contributed by atoms with E-state index in [1.165, 1.54) is 33.7 Å². The van der Waals surface area contributed by atoms with Gasteiger partial charge in [0.1, 0.15) is 0 Å². The number of alkyl halides is 2. The van der Waals surface area contributed by atoms with Gasteiger partial charge >= 0.3 is 41.9 Å². The fourth-order valence-electron chi connectivity index (χ4n) is 2.79. The van der Waals surface area contributed by atoms with Crippen LogP contribution in [-0.4, -0.2) is 39.2 Å². The van der Waals surface area contributed by atoms with Gasteiger partial charge in [0.05, 0.1) is 9.90 Å². The van der Waals surface area contributed by atoms with E-state index in [0.29, 0.717) is 9.90 Å². The van der Waals surface area contributed by atoms with Crippen LogP contribution in [0.1, 0.15) is 13.8 Å². The minimum Gasteiger partial charge on any atom is -1.00 e. The van der Waals surface area contributed by atoms with Crippen LogP contribution in [0.3, 0.4) is 0 Å². The molecule has 0 fully saturated rings. The Labute approximate surface area is 214 Å². The van der Waals surface area contributed by atoms with E-state index in [9.17, 15) is 0 Å². The van der Waals surface area contributed by atoms with Crippen molar-refractivity contribution in [1.82, 2.24) is 9.80 Å². The van der Waals surface area contributed by atoms with Crippen molar-refractivity contribution in [3.8, 4) is 0 Å². The average Bonchev–Trinajstić information content (AvgIpc) is 3.19. The summed E-state index contributed by atoms with van der Waals surface area (Å²) in [4.78, 5) is 5.09. The Kier molecular flexibility index (Phi) is 12.8. The average molecular weight is 642 g/mol. The molecule has 0 aromatic rings. The number of allylic oxidation sites excluding steroid dienone is 6. The van der Waals surface area contributed by atoms with Gasteiger partial charge in [-0.3, -0.25) is 0 Å². The second-order valence-corrected chi connectivity index (χ2v) is 18.1. The fraction of sp³-hybridized carbons (Fsp3) is 0.400. The van der Waals surface area contributed by atoms with Crippen molar-refractivity contribution in [3.05, 3.63) is 70.1 Å². The van der Waals surface area contributed by atoms with E-state index < -0.39 is 0 Å². The van der Waals surface area contributed by atoms with Gasteiger partial charge in [-0.25, -0.2) is 0 Å². The van der Waals surface area contributed by atoms with Gasteiger partial charge in [0.2, 0.25) is 0 Å². The molecule has 2 atom stereocenters. The van der Waals surface area contributed by atoms with Crippen LogP contribution in [0.5, 0.6) is 0 Å². The quantitative estimate of drug-likeness (QED) is 0.149. The minimum absolute atomic E-state index is 0. The van der Waals surface area contributed by atoms with Crippen molar-refractivity contribution < 1.29 is 48.1 Å². The first-order valence-corrected chi connectivity index (χ1v) is 16.5. The minimum atomic E-state index is 0. The zero-order valence-corrected chi connectivity index (χ0v) is 25.0. The molecule has 0 aromatic heterocycles. The maximum Gasteiger partial charge on any atom is -1.00 e. The number of nitrogens with zero attached hydrogens (tertiary/aromatic N) is 2. The Balaban J connectivity index is 0.000000415. The summed E-state index contributed by atoms with van der Waals surface area (Å²) in [6, 6.07) is 0. The first kappa shape index (κ1) is 28.7. The molecule has 0 amide bonds. The third kappa shape index (κ3) is 7.42. The SMILES string of the molecule is CC1=[C-]C2=CC(Br)N(C)C2=C1.CC1=[C-]C2=CC(Br)N(C)C2=C1.C[Si](C)=[Zr+2].[Cl-].[Cl-]. The molecule has 4 rings (SSSR count). The van der Waals surface area contributed by atoms with Crippen molar-refractivity contribution >= 4 is 37.3 Å². The second-order valence-electron chi connectivity index (χ2n) is 6.80. The maximum atomic E-state index is 3.54. The number of likely N-dealkylation sites (N-methyl/N-ethyl adjacent to an activating group) is 2. The van der Waals surface area contributed by atoms with Crippen LogP contribution < -0.4 is 24.8 Å². The molecule has 8 heteroatoms. The van der Waals surface area contributed by atoms with Crippen LogP contribution in [0.2, 0.25) is 13.1 Å². The van der Waals surface area contributed by atoms with Gasteiger partial charge in [-0.2, -0.15) is 0 Å². The number of hydrogen-bond acceptors (Lipinski definition) is 2. The van der Waals surface area contributed by atoms with Crippen molar-refractivity contribution in [1.29, 1.82) is 0 Å². The molecule has 2 unspecified atom stereocenters. The molecule has 0 N–H and O–H groups in total. The summed E-state index contributed by atoms with van der Waals surface area (Å²) in [5.74, 6) is 0. The molecule has 4 aliphatic rings. The Morgan fingerprint density at radius 3 is 1.39 bits per heavy atom. The van der Waals surface area contributed by atoms with Crippen molar-refractivity contribution in [2.24, 2.45) is 0 Å². The van der Waals surface area contributed by atoms with Crippen LogP contribution >= 0.6 is 31.9 Å². The van der Waals surface area contributed by atoms with Crippen LogP contribution in [-0.2, 0) is 23.3 Å². The smallest absolute Gasteiger partial charge is 1.00 e. The van der Waals surface area contributed by atoms with Gasteiger partial charge in [-0.1, -0.05) is 57.1 Å². The predicted octanol–water partition coefficient (Wildman–Crippen LogP) is -0.755. The Bertz CT molecular complexity index is 736. The molecule has 0 saturated heterocycles. The van der Waals surface area contributed by atoms with Gasteiger partial charge in [-0.15, -0.1) is 58.7 Å². The van der Waals surface area contributed by atoms with E-state index in [1.807, 2.05) is 0 Å². The molecular weight excluding hydrogens is 618 g/mol. The Morgan fingerprint density at radius 1 is 0.857 bits per heavy atom. The number of hydrogen-bond donors (Lipinski definition) is 0. The first-order valence-electron chi connectivity index (χ1n) is 8.44.